The predicted octanol–water partition coefficient (Wildman–Crippen LogP) is 5.68. The molecule has 3 aliphatic heterocycles. The van der Waals surface area contributed by atoms with Crippen LogP contribution >= 0.6 is 0 Å². The summed E-state index contributed by atoms with van der Waals surface area (Å²) in [4.78, 5) is 29.1. The summed E-state index contributed by atoms with van der Waals surface area (Å²) >= 11 is 0. The van der Waals surface area contributed by atoms with Gasteiger partial charge in [-0.1, -0.05) is 35.9 Å². The number of hydrogen-bond acceptors (Lipinski definition) is 7. The highest BCUT2D eigenvalue weighted by molar-refractivity contribution is 7.94. The van der Waals surface area contributed by atoms with E-state index < -0.39 is 15.6 Å². The first-order chi connectivity index (χ1) is 22.3. The quantitative estimate of drug-likeness (QED) is 0.395. The van der Waals surface area contributed by atoms with E-state index in [0.717, 1.165) is 56.6 Å². The van der Waals surface area contributed by atoms with E-state index in [-0.39, 0.29) is 34.7 Å². The van der Waals surface area contributed by atoms with Gasteiger partial charge in [0.1, 0.15) is 5.75 Å². The number of amides is 1. The lowest BCUT2D eigenvalue weighted by atomic mass is 9.68. The highest BCUT2D eigenvalue weighted by Gasteiger charge is 2.44. The molecule has 2 aliphatic carbocycles. The van der Waals surface area contributed by atoms with Crippen molar-refractivity contribution >= 4 is 27.1 Å². The third kappa shape index (κ3) is 6.18. The average Bonchev–Trinajstić information content (AvgIpc) is 3.13. The molecule has 246 valence electrons. The van der Waals surface area contributed by atoms with Crippen LogP contribution in [-0.2, 0) is 35.8 Å². The molecule has 2 bridgehead atoms. The summed E-state index contributed by atoms with van der Waals surface area (Å²) in [5, 5.41) is 0. The predicted molar refractivity (Wildman–Crippen MR) is 179 cm³/mol. The maximum absolute atomic E-state index is 14.2. The molecule has 1 saturated carbocycles. The number of ether oxygens (including phenoxy) is 3. The van der Waals surface area contributed by atoms with Crippen molar-refractivity contribution in [3.8, 4) is 5.75 Å². The van der Waals surface area contributed by atoms with Gasteiger partial charge < -0.3 is 19.1 Å². The monoisotopic (exact) mass is 646 g/mol. The Labute approximate surface area is 273 Å². The second kappa shape index (κ2) is 12.9. The molecule has 0 N–H and O–H groups in total. The summed E-state index contributed by atoms with van der Waals surface area (Å²) in [6, 6.07) is 12.4. The maximum Gasteiger partial charge on any atom is 0.285 e. The number of rotatable bonds is 4. The number of anilines is 1. The number of ketones is 1. The zero-order valence-electron chi connectivity index (χ0n) is 27.1. The molecule has 0 aromatic heterocycles. The number of methoxy groups -OCH3 is 1. The van der Waals surface area contributed by atoms with Gasteiger partial charge in [-0.25, -0.2) is 4.21 Å². The number of carbonyl (C=O) groups is 2. The third-order valence-corrected chi connectivity index (χ3v) is 13.1. The van der Waals surface area contributed by atoms with Gasteiger partial charge >= 0.3 is 0 Å². The lowest BCUT2D eigenvalue weighted by Gasteiger charge is -2.46. The minimum absolute atomic E-state index is 0.00356. The van der Waals surface area contributed by atoms with Gasteiger partial charge in [0.2, 0.25) is 0 Å². The number of nitrogens with zero attached hydrogens (tertiary/aromatic N) is 2. The highest BCUT2D eigenvalue weighted by Crippen LogP contribution is 2.47. The molecule has 7 rings (SSSR count). The summed E-state index contributed by atoms with van der Waals surface area (Å²) in [6.07, 6.45) is 11.0. The van der Waals surface area contributed by atoms with E-state index in [2.05, 4.69) is 46.5 Å². The van der Waals surface area contributed by atoms with Crippen molar-refractivity contribution in [3.63, 3.8) is 0 Å². The Hall–Kier alpha value is -3.01. The second-order valence-corrected chi connectivity index (χ2v) is 16.6. The molecule has 5 atom stereocenters. The van der Waals surface area contributed by atoms with Crippen LogP contribution in [0.4, 0.5) is 5.69 Å². The zero-order valence-corrected chi connectivity index (χ0v) is 27.9. The number of fused-ring (bicyclic) bond motifs is 4. The molecule has 1 spiro atoms. The van der Waals surface area contributed by atoms with Crippen LogP contribution < -0.4 is 9.64 Å². The molecular formula is C37H46N2O6S. The Morgan fingerprint density at radius 2 is 2.02 bits per heavy atom. The normalized spacial score (nSPS) is 32.1. The molecule has 3 heterocycles. The minimum atomic E-state index is -3.10. The number of aryl methyl sites for hydroxylation is 2. The molecule has 5 aliphatic rings. The molecule has 2 aromatic rings. The maximum atomic E-state index is 14.2. The van der Waals surface area contributed by atoms with Crippen LogP contribution in [-0.4, -0.2) is 73.5 Å². The Balaban J connectivity index is 1.29. The fourth-order valence-electron chi connectivity index (χ4n) is 8.11. The van der Waals surface area contributed by atoms with Gasteiger partial charge in [-0.2, -0.15) is 4.36 Å². The smallest absolute Gasteiger partial charge is 0.285 e. The van der Waals surface area contributed by atoms with Crippen LogP contribution in [0.2, 0.25) is 0 Å². The number of carbonyl (C=O) groups excluding carboxylic acids is 2. The van der Waals surface area contributed by atoms with Crippen LogP contribution in [0.15, 0.2) is 52.9 Å². The fraction of sp³-hybridized carbons (Fsp3) is 0.568. The first kappa shape index (κ1) is 31.6. The van der Waals surface area contributed by atoms with E-state index in [1.54, 1.807) is 13.2 Å². The first-order valence-electron chi connectivity index (χ1n) is 16.9. The van der Waals surface area contributed by atoms with Crippen molar-refractivity contribution in [2.45, 2.75) is 63.4 Å². The molecular weight excluding hydrogens is 600 g/mol. The second-order valence-electron chi connectivity index (χ2n) is 14.1. The molecule has 46 heavy (non-hydrogen) atoms. The summed E-state index contributed by atoms with van der Waals surface area (Å²) in [7, 11) is -1.32. The molecule has 8 nitrogen and oxygen atoms in total. The number of Topliss-reactive ketones (excluding diaryl/α,β-unsaturated/α-hetero) is 1. The topological polar surface area (TPSA) is 94.5 Å². The van der Waals surface area contributed by atoms with Crippen LogP contribution in [0.25, 0.3) is 0 Å². The minimum Gasteiger partial charge on any atom is -0.490 e. The van der Waals surface area contributed by atoms with Crippen molar-refractivity contribution in [2.24, 2.45) is 22.1 Å². The molecule has 1 amide bonds. The summed E-state index contributed by atoms with van der Waals surface area (Å²) in [6.45, 7) is 5.04. The van der Waals surface area contributed by atoms with Crippen molar-refractivity contribution in [1.82, 2.24) is 0 Å². The average molecular weight is 647 g/mol. The third-order valence-electron chi connectivity index (χ3n) is 11.0. The lowest BCUT2D eigenvalue weighted by Crippen LogP contribution is -2.49. The van der Waals surface area contributed by atoms with Crippen LogP contribution in [0, 0.1) is 24.7 Å². The van der Waals surface area contributed by atoms with Gasteiger partial charge in [0.25, 0.3) is 5.91 Å². The van der Waals surface area contributed by atoms with Crippen molar-refractivity contribution in [1.29, 1.82) is 0 Å². The van der Waals surface area contributed by atoms with Crippen molar-refractivity contribution in [3.05, 3.63) is 70.8 Å². The van der Waals surface area contributed by atoms with E-state index in [9.17, 15) is 13.8 Å². The van der Waals surface area contributed by atoms with Gasteiger partial charge in [-0.05, 0) is 93.0 Å². The Bertz CT molecular complexity index is 1660. The lowest BCUT2D eigenvalue weighted by molar-refractivity contribution is -0.133. The Kier molecular flexibility index (Phi) is 8.85. The van der Waals surface area contributed by atoms with E-state index >= 15 is 0 Å². The Morgan fingerprint density at radius 3 is 2.78 bits per heavy atom. The molecule has 1 saturated heterocycles. The SMILES string of the molecule is CO[C@H]1/C=C/CCC[S@@](=O)(CC(=O)C2COC2)=NC(=O)c2ccc3c(c2)N(C[C@@H]2CC[C@H]21)C[C@@]1(CCCc2cc(C)ccc21)CO3. The summed E-state index contributed by atoms with van der Waals surface area (Å²) in [5.74, 6) is 0.626. The van der Waals surface area contributed by atoms with Crippen LogP contribution in [0.5, 0.6) is 5.75 Å². The first-order valence-corrected chi connectivity index (χ1v) is 18.8. The van der Waals surface area contributed by atoms with Crippen LogP contribution in [0.1, 0.15) is 65.6 Å². The van der Waals surface area contributed by atoms with Crippen LogP contribution in [0.3, 0.4) is 0 Å². The molecule has 2 aromatic carbocycles. The van der Waals surface area contributed by atoms with Crippen molar-refractivity contribution in [2.75, 3.05) is 56.4 Å². The van der Waals surface area contributed by atoms with Gasteiger partial charge in [0.05, 0.1) is 53.0 Å². The Morgan fingerprint density at radius 1 is 1.15 bits per heavy atom. The van der Waals surface area contributed by atoms with Gasteiger partial charge in [0.15, 0.2) is 5.78 Å². The van der Waals surface area contributed by atoms with E-state index in [4.69, 9.17) is 14.2 Å². The van der Waals surface area contributed by atoms with E-state index in [0.29, 0.717) is 50.1 Å². The van der Waals surface area contributed by atoms with E-state index in [1.807, 2.05) is 12.1 Å². The zero-order chi connectivity index (χ0) is 31.9. The summed E-state index contributed by atoms with van der Waals surface area (Å²) < 4.78 is 36.4. The molecule has 2 fully saturated rings. The number of hydrogen-bond donors (Lipinski definition) is 0. The van der Waals surface area contributed by atoms with E-state index in [1.165, 1.54) is 16.7 Å². The van der Waals surface area contributed by atoms with Crippen molar-refractivity contribution < 1.29 is 28.0 Å². The highest BCUT2D eigenvalue weighted by atomic mass is 32.2. The largest absolute Gasteiger partial charge is 0.490 e. The fourth-order valence-corrected chi connectivity index (χ4v) is 10.1. The van der Waals surface area contributed by atoms with Gasteiger partial charge in [-0.15, -0.1) is 0 Å². The molecule has 9 heteroatoms. The van der Waals surface area contributed by atoms with Gasteiger partial charge in [0, 0.05) is 36.9 Å². The summed E-state index contributed by atoms with van der Waals surface area (Å²) in [5.41, 5.74) is 5.15. The molecule has 0 radical (unpaired) electrons. The van der Waals surface area contributed by atoms with Gasteiger partial charge in [-0.3, -0.25) is 9.59 Å². The number of benzene rings is 2. The number of allylic oxidation sites excluding steroid dienone is 1. The standard InChI is InChI=1S/C37H46N2O6S/c1-25-9-13-31-26(17-25)7-6-15-37(31)23-39-19-28-10-12-30(28)34(43-2)8-4-3-5-16-46(42,22-33(40)29-20-44-21-29)38-36(41)27-11-14-35(45-24-37)32(39)18-27/h4,8-9,11,13-14,17-18,28-30,34H,3,5-7,10,12,15-16,19-24H2,1-2H3/b8-4+/t28-,30+,34-,37-,46+/m0/s1. The molecule has 0 unspecified atom stereocenters.